The van der Waals surface area contributed by atoms with Crippen molar-refractivity contribution in [2.75, 3.05) is 7.05 Å². The number of hydrogen-bond acceptors (Lipinski definition) is 2. The number of carbonyl (C=O) groups excluding carboxylic acids is 1. The Labute approximate surface area is 114 Å². The molecule has 0 saturated heterocycles. The molecule has 0 heterocycles. The molecule has 1 rings (SSSR count). The van der Waals surface area contributed by atoms with Crippen molar-refractivity contribution in [2.24, 2.45) is 11.1 Å². The molecule has 0 spiro atoms. The van der Waals surface area contributed by atoms with Crippen molar-refractivity contribution in [3.8, 4) is 0 Å². The molecule has 1 aromatic carbocycles. The zero-order valence-electron chi connectivity index (χ0n) is 11.4. The van der Waals surface area contributed by atoms with Gasteiger partial charge in [0, 0.05) is 13.6 Å². The van der Waals surface area contributed by atoms with Gasteiger partial charge < -0.3 is 10.6 Å². The summed E-state index contributed by atoms with van der Waals surface area (Å²) >= 11 is 4.94. The number of aryl methyl sites for hydroxylation is 1. The van der Waals surface area contributed by atoms with Crippen LogP contribution >= 0.6 is 12.2 Å². The van der Waals surface area contributed by atoms with Crippen molar-refractivity contribution in [3.63, 3.8) is 0 Å². The maximum atomic E-state index is 12.3. The minimum Gasteiger partial charge on any atom is -0.392 e. The number of hydrogen-bond donors (Lipinski definition) is 1. The van der Waals surface area contributed by atoms with Gasteiger partial charge in [-0.05, 0) is 26.3 Å². The zero-order valence-corrected chi connectivity index (χ0v) is 12.2. The number of nitrogens with two attached hydrogens (primary N) is 1. The van der Waals surface area contributed by atoms with Gasteiger partial charge in [0.15, 0.2) is 0 Å². The largest absolute Gasteiger partial charge is 0.392 e. The highest BCUT2D eigenvalue weighted by atomic mass is 32.1. The molecule has 0 aliphatic carbocycles. The third-order valence-electron chi connectivity index (χ3n) is 3.00. The van der Waals surface area contributed by atoms with Gasteiger partial charge in [-0.15, -0.1) is 0 Å². The van der Waals surface area contributed by atoms with Gasteiger partial charge in [-0.1, -0.05) is 42.0 Å². The average molecular weight is 264 g/mol. The highest BCUT2D eigenvalue weighted by Crippen LogP contribution is 2.20. The van der Waals surface area contributed by atoms with Crippen LogP contribution in [-0.2, 0) is 11.3 Å². The molecule has 1 aromatic rings. The highest BCUT2D eigenvalue weighted by molar-refractivity contribution is 7.80. The van der Waals surface area contributed by atoms with Crippen LogP contribution in [0.15, 0.2) is 24.3 Å². The summed E-state index contributed by atoms with van der Waals surface area (Å²) < 4.78 is 0. The van der Waals surface area contributed by atoms with Crippen LogP contribution in [0, 0.1) is 12.3 Å². The van der Waals surface area contributed by atoms with E-state index in [2.05, 4.69) is 6.07 Å². The van der Waals surface area contributed by atoms with Crippen LogP contribution in [0.4, 0.5) is 0 Å². The van der Waals surface area contributed by atoms with Crippen molar-refractivity contribution >= 4 is 23.1 Å². The van der Waals surface area contributed by atoms with Gasteiger partial charge in [0.2, 0.25) is 5.91 Å². The van der Waals surface area contributed by atoms with Crippen LogP contribution < -0.4 is 5.73 Å². The monoisotopic (exact) mass is 264 g/mol. The average Bonchev–Trinajstić information content (AvgIpc) is 2.27. The van der Waals surface area contributed by atoms with Crippen LogP contribution in [0.25, 0.3) is 0 Å². The second kappa shape index (κ2) is 5.48. The first-order valence-electron chi connectivity index (χ1n) is 5.86. The van der Waals surface area contributed by atoms with Gasteiger partial charge in [0.25, 0.3) is 0 Å². The summed E-state index contributed by atoms with van der Waals surface area (Å²) in [6.45, 7) is 6.10. The maximum Gasteiger partial charge on any atom is 0.235 e. The van der Waals surface area contributed by atoms with Gasteiger partial charge >= 0.3 is 0 Å². The Bertz CT molecular complexity index is 469. The van der Waals surface area contributed by atoms with Crippen molar-refractivity contribution in [3.05, 3.63) is 35.4 Å². The quantitative estimate of drug-likeness (QED) is 0.849. The van der Waals surface area contributed by atoms with E-state index in [4.69, 9.17) is 18.0 Å². The van der Waals surface area contributed by atoms with Gasteiger partial charge in [0.05, 0.1) is 10.4 Å². The minimum atomic E-state index is -0.798. The lowest BCUT2D eigenvalue weighted by Gasteiger charge is -2.28. The van der Waals surface area contributed by atoms with Gasteiger partial charge in [-0.3, -0.25) is 4.79 Å². The Hall–Kier alpha value is -1.42. The fourth-order valence-corrected chi connectivity index (χ4v) is 1.83. The molecule has 0 unspecified atom stereocenters. The lowest BCUT2D eigenvalue weighted by atomic mass is 9.91. The van der Waals surface area contributed by atoms with Crippen LogP contribution in [0.2, 0.25) is 0 Å². The zero-order chi connectivity index (χ0) is 13.9. The standard InChI is InChI=1S/C14H20N2OS/c1-10-6-5-7-11(8-10)9-16(4)13(17)14(2,3)12(15)18/h5-8H,9H2,1-4H3,(H2,15,18). The second-order valence-electron chi connectivity index (χ2n) is 5.14. The van der Waals surface area contributed by atoms with Crippen molar-refractivity contribution in [2.45, 2.75) is 27.3 Å². The summed E-state index contributed by atoms with van der Waals surface area (Å²) in [5.41, 5.74) is 7.10. The Morgan fingerprint density at radius 3 is 2.56 bits per heavy atom. The SMILES string of the molecule is Cc1cccc(CN(C)C(=O)C(C)(C)C(N)=S)c1. The molecule has 0 bridgehead atoms. The number of benzene rings is 1. The highest BCUT2D eigenvalue weighted by Gasteiger charge is 2.33. The number of nitrogens with zero attached hydrogens (tertiary/aromatic N) is 1. The fraction of sp³-hybridized carbons (Fsp3) is 0.429. The van der Waals surface area contributed by atoms with E-state index in [1.165, 1.54) is 5.56 Å². The molecule has 0 aliphatic rings. The molecule has 98 valence electrons. The summed E-state index contributed by atoms with van der Waals surface area (Å²) in [6, 6.07) is 8.09. The van der Waals surface area contributed by atoms with E-state index >= 15 is 0 Å². The van der Waals surface area contributed by atoms with E-state index in [1.807, 2.05) is 25.1 Å². The molecule has 1 amide bonds. The fourth-order valence-electron chi connectivity index (χ4n) is 1.74. The van der Waals surface area contributed by atoms with Crippen molar-refractivity contribution in [1.29, 1.82) is 0 Å². The Morgan fingerprint density at radius 1 is 1.44 bits per heavy atom. The van der Waals surface area contributed by atoms with Crippen LogP contribution in [0.3, 0.4) is 0 Å². The number of amides is 1. The van der Waals surface area contributed by atoms with Crippen molar-refractivity contribution < 1.29 is 4.79 Å². The molecule has 0 atom stereocenters. The first kappa shape index (κ1) is 14.6. The molecule has 0 fully saturated rings. The lowest BCUT2D eigenvalue weighted by Crippen LogP contribution is -2.45. The lowest BCUT2D eigenvalue weighted by molar-refractivity contribution is -0.136. The van der Waals surface area contributed by atoms with Crippen LogP contribution in [0.1, 0.15) is 25.0 Å². The topological polar surface area (TPSA) is 46.3 Å². The summed E-state index contributed by atoms with van der Waals surface area (Å²) in [5.74, 6) is -0.0588. The number of carbonyl (C=O) groups is 1. The minimum absolute atomic E-state index is 0.0588. The predicted molar refractivity (Wildman–Crippen MR) is 78.2 cm³/mol. The van der Waals surface area contributed by atoms with Crippen LogP contribution in [-0.4, -0.2) is 22.8 Å². The third kappa shape index (κ3) is 3.29. The molecule has 0 saturated carbocycles. The van der Waals surface area contributed by atoms with Gasteiger partial charge in [0.1, 0.15) is 0 Å². The molecular formula is C14H20N2OS. The summed E-state index contributed by atoms with van der Waals surface area (Å²) in [7, 11) is 1.77. The molecule has 0 radical (unpaired) electrons. The first-order chi connectivity index (χ1) is 8.25. The second-order valence-corrected chi connectivity index (χ2v) is 5.58. The summed E-state index contributed by atoms with van der Waals surface area (Å²) in [6.07, 6.45) is 0. The predicted octanol–water partition coefficient (Wildman–Crippen LogP) is 2.27. The van der Waals surface area contributed by atoms with Gasteiger partial charge in [-0.25, -0.2) is 0 Å². The van der Waals surface area contributed by atoms with Crippen molar-refractivity contribution in [1.82, 2.24) is 4.90 Å². The molecule has 2 N–H and O–H groups in total. The van der Waals surface area contributed by atoms with Crippen LogP contribution in [0.5, 0.6) is 0 Å². The number of thiocarbonyl (C=S) groups is 1. The van der Waals surface area contributed by atoms with E-state index in [9.17, 15) is 4.79 Å². The van der Waals surface area contributed by atoms with Gasteiger partial charge in [-0.2, -0.15) is 0 Å². The van der Waals surface area contributed by atoms with E-state index < -0.39 is 5.41 Å². The normalized spacial score (nSPS) is 11.1. The molecular weight excluding hydrogens is 244 g/mol. The summed E-state index contributed by atoms with van der Waals surface area (Å²) in [5, 5.41) is 0. The summed E-state index contributed by atoms with van der Waals surface area (Å²) in [4.78, 5) is 14.1. The Morgan fingerprint density at radius 2 is 2.06 bits per heavy atom. The Kier molecular flexibility index (Phi) is 4.46. The molecule has 0 aliphatic heterocycles. The smallest absolute Gasteiger partial charge is 0.235 e. The molecule has 18 heavy (non-hydrogen) atoms. The Balaban J connectivity index is 2.80. The molecule has 0 aromatic heterocycles. The van der Waals surface area contributed by atoms with E-state index in [-0.39, 0.29) is 10.9 Å². The maximum absolute atomic E-state index is 12.3. The van der Waals surface area contributed by atoms with E-state index in [0.717, 1.165) is 5.56 Å². The molecule has 3 nitrogen and oxygen atoms in total. The van der Waals surface area contributed by atoms with E-state index in [1.54, 1.807) is 25.8 Å². The third-order valence-corrected chi connectivity index (χ3v) is 3.51. The first-order valence-corrected chi connectivity index (χ1v) is 6.27. The van der Waals surface area contributed by atoms with E-state index in [0.29, 0.717) is 6.54 Å². The number of rotatable bonds is 4. The molecule has 4 heteroatoms.